The smallest absolute Gasteiger partial charge is 0.340 e. The van der Waals surface area contributed by atoms with Crippen LogP contribution in [0.4, 0.5) is 5.69 Å². The summed E-state index contributed by atoms with van der Waals surface area (Å²) in [6.45, 7) is 2.11. The first-order chi connectivity index (χ1) is 12.8. The second-order valence-electron chi connectivity index (χ2n) is 7.18. The third-order valence-corrected chi connectivity index (χ3v) is 6.95. The molecule has 0 radical (unpaired) electrons. The van der Waals surface area contributed by atoms with Crippen LogP contribution in [0.2, 0.25) is 0 Å². The molecule has 0 atom stereocenters. The molecule has 0 spiro atoms. The molecule has 1 aromatic heterocycles. The Labute approximate surface area is 159 Å². The third-order valence-electron chi connectivity index (χ3n) is 5.41. The summed E-state index contributed by atoms with van der Waals surface area (Å²) in [6, 6.07) is 9.88. The van der Waals surface area contributed by atoms with Crippen molar-refractivity contribution in [1.82, 2.24) is 4.57 Å². The van der Waals surface area contributed by atoms with Crippen molar-refractivity contribution in [3.8, 4) is 5.69 Å². The van der Waals surface area contributed by atoms with Crippen LogP contribution in [-0.4, -0.2) is 41.2 Å². The molecule has 1 aromatic carbocycles. The minimum absolute atomic E-state index is 0.288. The fourth-order valence-electron chi connectivity index (χ4n) is 4.01. The standard InChI is InChI=1S/C21H26N2O2S/c1-25-21(24)18-10-7-11-19(20(18)22-12-5-6-13-22)23-14-17(15-23)26-16-8-3-2-4-9-16/h5-7,10-13,16-17H,2-4,8-9,14-15H2,1H3. The maximum absolute atomic E-state index is 12.3. The van der Waals surface area contributed by atoms with Crippen molar-refractivity contribution in [2.75, 3.05) is 25.1 Å². The molecule has 1 saturated carbocycles. The Hall–Kier alpha value is -1.88. The van der Waals surface area contributed by atoms with E-state index in [1.807, 2.05) is 41.2 Å². The SMILES string of the molecule is COC(=O)c1cccc(N2CC(SC3CCCCC3)C2)c1-n1cccc1. The molecule has 1 aliphatic heterocycles. The number of methoxy groups -OCH3 is 1. The van der Waals surface area contributed by atoms with Crippen LogP contribution in [0.3, 0.4) is 0 Å². The predicted molar refractivity (Wildman–Crippen MR) is 108 cm³/mol. The summed E-state index contributed by atoms with van der Waals surface area (Å²) in [6.07, 6.45) is 10.9. The van der Waals surface area contributed by atoms with Crippen LogP contribution in [0, 0.1) is 0 Å². The largest absolute Gasteiger partial charge is 0.465 e. The van der Waals surface area contributed by atoms with Crippen molar-refractivity contribution >= 4 is 23.4 Å². The van der Waals surface area contributed by atoms with Crippen LogP contribution >= 0.6 is 11.8 Å². The lowest BCUT2D eigenvalue weighted by Gasteiger charge is -2.43. The summed E-state index contributed by atoms with van der Waals surface area (Å²) in [5.41, 5.74) is 2.65. The van der Waals surface area contributed by atoms with Crippen LogP contribution in [-0.2, 0) is 4.74 Å². The lowest BCUT2D eigenvalue weighted by Crippen LogP contribution is -2.50. The van der Waals surface area contributed by atoms with E-state index in [9.17, 15) is 4.79 Å². The predicted octanol–water partition coefficient (Wildman–Crippen LogP) is 4.52. The summed E-state index contributed by atoms with van der Waals surface area (Å²) >= 11 is 2.18. The van der Waals surface area contributed by atoms with Gasteiger partial charge in [-0.15, -0.1) is 0 Å². The Balaban J connectivity index is 1.53. The molecular weight excluding hydrogens is 344 g/mol. The fraction of sp³-hybridized carbons (Fsp3) is 0.476. The average Bonchev–Trinajstić information content (AvgIpc) is 3.18. The quantitative estimate of drug-likeness (QED) is 0.725. The van der Waals surface area contributed by atoms with Gasteiger partial charge in [0, 0.05) is 36.0 Å². The molecule has 26 heavy (non-hydrogen) atoms. The number of carbonyl (C=O) groups excluding carboxylic acids is 1. The van der Waals surface area contributed by atoms with E-state index >= 15 is 0 Å². The second kappa shape index (κ2) is 7.78. The highest BCUT2D eigenvalue weighted by molar-refractivity contribution is 8.00. The van der Waals surface area contributed by atoms with Crippen LogP contribution in [0.5, 0.6) is 0 Å². The Morgan fingerprint density at radius 2 is 1.77 bits per heavy atom. The number of nitrogens with zero attached hydrogens (tertiary/aromatic N) is 2. The Morgan fingerprint density at radius 1 is 1.04 bits per heavy atom. The molecule has 5 heteroatoms. The maximum atomic E-state index is 12.3. The summed E-state index contributed by atoms with van der Waals surface area (Å²) in [4.78, 5) is 14.7. The van der Waals surface area contributed by atoms with Crippen molar-refractivity contribution in [3.63, 3.8) is 0 Å². The molecule has 1 aliphatic carbocycles. The number of ether oxygens (including phenoxy) is 1. The van der Waals surface area contributed by atoms with Gasteiger partial charge < -0.3 is 14.2 Å². The number of carbonyl (C=O) groups is 1. The number of aromatic nitrogens is 1. The zero-order chi connectivity index (χ0) is 17.9. The average molecular weight is 371 g/mol. The summed E-state index contributed by atoms with van der Waals surface area (Å²) in [5, 5.41) is 1.55. The van der Waals surface area contributed by atoms with E-state index in [-0.39, 0.29) is 5.97 Å². The van der Waals surface area contributed by atoms with E-state index in [0.717, 1.165) is 29.7 Å². The molecule has 2 heterocycles. The molecule has 0 bridgehead atoms. The summed E-state index contributed by atoms with van der Waals surface area (Å²) in [5.74, 6) is -0.288. The lowest BCUT2D eigenvalue weighted by molar-refractivity contribution is 0.0601. The van der Waals surface area contributed by atoms with Gasteiger partial charge in [-0.1, -0.05) is 25.3 Å². The summed E-state index contributed by atoms with van der Waals surface area (Å²) < 4.78 is 7.03. The van der Waals surface area contributed by atoms with Crippen molar-refractivity contribution in [3.05, 3.63) is 48.3 Å². The van der Waals surface area contributed by atoms with Crippen LogP contribution < -0.4 is 4.90 Å². The monoisotopic (exact) mass is 370 g/mol. The molecule has 2 fully saturated rings. The first kappa shape index (κ1) is 17.5. The normalized spacial score (nSPS) is 18.6. The molecule has 4 nitrogen and oxygen atoms in total. The van der Waals surface area contributed by atoms with Crippen LogP contribution in [0.25, 0.3) is 5.69 Å². The Morgan fingerprint density at radius 3 is 2.46 bits per heavy atom. The van der Waals surface area contributed by atoms with Gasteiger partial charge in [0.25, 0.3) is 0 Å². The second-order valence-corrected chi connectivity index (χ2v) is 8.78. The molecule has 0 N–H and O–H groups in total. The molecule has 0 amide bonds. The van der Waals surface area contributed by atoms with Gasteiger partial charge >= 0.3 is 5.97 Å². The van der Waals surface area contributed by atoms with Gasteiger partial charge in [-0.2, -0.15) is 11.8 Å². The third kappa shape index (κ3) is 3.50. The lowest BCUT2D eigenvalue weighted by atomic mass is 10.0. The van der Waals surface area contributed by atoms with E-state index in [0.29, 0.717) is 10.8 Å². The van der Waals surface area contributed by atoms with Crippen molar-refractivity contribution in [1.29, 1.82) is 0 Å². The molecule has 2 aliphatic rings. The molecule has 2 aromatic rings. The van der Waals surface area contributed by atoms with Gasteiger partial charge in [0.1, 0.15) is 0 Å². The minimum atomic E-state index is -0.288. The molecule has 0 unspecified atom stereocenters. The number of rotatable bonds is 5. The summed E-state index contributed by atoms with van der Waals surface area (Å²) in [7, 11) is 1.44. The molecule has 1 saturated heterocycles. The Bertz CT molecular complexity index is 747. The highest BCUT2D eigenvalue weighted by atomic mass is 32.2. The van der Waals surface area contributed by atoms with Crippen LogP contribution in [0.15, 0.2) is 42.7 Å². The van der Waals surface area contributed by atoms with Gasteiger partial charge in [0.15, 0.2) is 0 Å². The Kier molecular flexibility index (Phi) is 5.25. The van der Waals surface area contributed by atoms with Crippen LogP contribution in [0.1, 0.15) is 42.5 Å². The number of hydrogen-bond acceptors (Lipinski definition) is 4. The maximum Gasteiger partial charge on any atom is 0.340 e. The highest BCUT2D eigenvalue weighted by Crippen LogP contribution is 2.38. The zero-order valence-corrected chi connectivity index (χ0v) is 16.1. The molecule has 4 rings (SSSR count). The number of hydrogen-bond donors (Lipinski definition) is 0. The van der Waals surface area contributed by atoms with E-state index in [2.05, 4.69) is 22.7 Å². The van der Waals surface area contributed by atoms with Gasteiger partial charge in [0.05, 0.1) is 24.0 Å². The van der Waals surface area contributed by atoms with E-state index < -0.39 is 0 Å². The van der Waals surface area contributed by atoms with Crippen molar-refractivity contribution in [2.45, 2.75) is 42.6 Å². The fourth-order valence-corrected chi connectivity index (χ4v) is 5.69. The van der Waals surface area contributed by atoms with E-state index in [4.69, 9.17) is 4.74 Å². The minimum Gasteiger partial charge on any atom is -0.465 e. The van der Waals surface area contributed by atoms with Gasteiger partial charge in [-0.3, -0.25) is 0 Å². The van der Waals surface area contributed by atoms with Gasteiger partial charge in [-0.05, 0) is 37.1 Å². The zero-order valence-electron chi connectivity index (χ0n) is 15.3. The van der Waals surface area contributed by atoms with Crippen molar-refractivity contribution < 1.29 is 9.53 Å². The molecule has 138 valence electrons. The number of para-hydroxylation sites is 1. The first-order valence-corrected chi connectivity index (χ1v) is 10.5. The van der Waals surface area contributed by atoms with E-state index in [1.165, 1.54) is 39.2 Å². The highest BCUT2D eigenvalue weighted by Gasteiger charge is 2.32. The topological polar surface area (TPSA) is 34.5 Å². The van der Waals surface area contributed by atoms with Crippen molar-refractivity contribution in [2.24, 2.45) is 0 Å². The first-order valence-electron chi connectivity index (χ1n) is 9.51. The van der Waals surface area contributed by atoms with Gasteiger partial charge in [0.2, 0.25) is 0 Å². The number of anilines is 1. The molecular formula is C21H26N2O2S. The number of benzene rings is 1. The number of esters is 1. The van der Waals surface area contributed by atoms with E-state index in [1.54, 1.807) is 0 Å². The van der Waals surface area contributed by atoms with Gasteiger partial charge in [-0.25, -0.2) is 4.79 Å². The number of thioether (sulfide) groups is 1.